The highest BCUT2D eigenvalue weighted by molar-refractivity contribution is 6.24. The number of hydrogen-bond donors (Lipinski definition) is 0. The fourth-order valence-corrected chi connectivity index (χ4v) is 3.62. The van der Waals surface area contributed by atoms with E-state index in [0.717, 1.165) is 0 Å². The molecule has 0 saturated heterocycles. The molecule has 0 radical (unpaired) electrons. The van der Waals surface area contributed by atoms with Crippen molar-refractivity contribution in [2.24, 2.45) is 11.8 Å². The standard InChI is InChI=1S/C21H14N2O4/c22-9-14-18(13-6-7-16-17(8-13)27-11-26-16)15(10-23)21(25)19(20(14)24)12-4-2-1-3-5-12/h1-8,14-15,18,24H,11H2/p-1. The Bertz CT molecular complexity index is 1030. The quantitative estimate of drug-likeness (QED) is 0.815. The van der Waals surface area contributed by atoms with Gasteiger partial charge >= 0.3 is 0 Å². The first-order chi connectivity index (χ1) is 13.2. The molecule has 6 nitrogen and oxygen atoms in total. The summed E-state index contributed by atoms with van der Waals surface area (Å²) in [5.41, 5.74) is 0.883. The van der Waals surface area contributed by atoms with Crippen molar-refractivity contribution in [1.82, 2.24) is 0 Å². The Morgan fingerprint density at radius 2 is 1.67 bits per heavy atom. The zero-order chi connectivity index (χ0) is 19.0. The molecule has 1 heterocycles. The minimum atomic E-state index is -1.14. The Kier molecular flexibility index (Phi) is 4.02. The van der Waals surface area contributed by atoms with Gasteiger partial charge in [0.1, 0.15) is 5.92 Å². The van der Waals surface area contributed by atoms with E-state index in [2.05, 4.69) is 0 Å². The monoisotopic (exact) mass is 357 g/mol. The molecule has 27 heavy (non-hydrogen) atoms. The van der Waals surface area contributed by atoms with Gasteiger partial charge in [-0.1, -0.05) is 36.4 Å². The SMILES string of the molecule is N#CC1C(=O)C(c2ccccc2)=C([O-])C(C#N)C1c1ccc2c(c1)OCO2. The van der Waals surface area contributed by atoms with Gasteiger partial charge in [0.25, 0.3) is 0 Å². The second-order valence-corrected chi connectivity index (χ2v) is 6.32. The number of carbonyl (C=O) groups excluding carboxylic acids is 1. The van der Waals surface area contributed by atoms with Gasteiger partial charge in [-0.2, -0.15) is 10.5 Å². The van der Waals surface area contributed by atoms with E-state index in [-0.39, 0.29) is 12.4 Å². The molecule has 0 saturated carbocycles. The van der Waals surface area contributed by atoms with Gasteiger partial charge in [0, 0.05) is 11.5 Å². The summed E-state index contributed by atoms with van der Waals surface area (Å²) in [7, 11) is 0. The number of allylic oxidation sites excluding steroid dienone is 2. The second-order valence-electron chi connectivity index (χ2n) is 6.32. The lowest BCUT2D eigenvalue weighted by Crippen LogP contribution is -2.38. The molecule has 2 aliphatic rings. The first-order valence-corrected chi connectivity index (χ1v) is 8.35. The number of ketones is 1. The number of Topliss-reactive ketones (excluding diaryl/α,β-unsaturated/α-hetero) is 1. The summed E-state index contributed by atoms with van der Waals surface area (Å²) >= 11 is 0. The van der Waals surface area contributed by atoms with Crippen LogP contribution in [0.2, 0.25) is 0 Å². The molecule has 0 amide bonds. The molecule has 3 atom stereocenters. The molecule has 0 bridgehead atoms. The molecular formula is C21H13N2O4-. The summed E-state index contributed by atoms with van der Waals surface area (Å²) in [5, 5.41) is 32.4. The van der Waals surface area contributed by atoms with Crippen LogP contribution in [0.15, 0.2) is 54.3 Å². The molecule has 0 N–H and O–H groups in total. The summed E-state index contributed by atoms with van der Waals surface area (Å²) in [6.07, 6.45) is 0. The third-order valence-corrected chi connectivity index (χ3v) is 4.90. The molecule has 3 unspecified atom stereocenters. The van der Waals surface area contributed by atoms with Crippen molar-refractivity contribution >= 4 is 11.4 Å². The van der Waals surface area contributed by atoms with Gasteiger partial charge < -0.3 is 14.6 Å². The van der Waals surface area contributed by atoms with Gasteiger partial charge in [-0.3, -0.25) is 4.79 Å². The van der Waals surface area contributed by atoms with Gasteiger partial charge in [-0.05, 0) is 23.3 Å². The Balaban J connectivity index is 1.86. The zero-order valence-electron chi connectivity index (χ0n) is 14.1. The summed E-state index contributed by atoms with van der Waals surface area (Å²) in [5.74, 6) is -3.22. The summed E-state index contributed by atoms with van der Waals surface area (Å²) in [4.78, 5) is 13.0. The van der Waals surface area contributed by atoms with Gasteiger partial charge in [-0.15, -0.1) is 5.76 Å². The Hall–Kier alpha value is -3.77. The molecule has 132 valence electrons. The highest BCUT2D eigenvalue weighted by atomic mass is 16.7. The number of benzene rings is 2. The van der Waals surface area contributed by atoms with Crippen LogP contribution in [-0.2, 0) is 4.79 Å². The van der Waals surface area contributed by atoms with Crippen molar-refractivity contribution in [2.75, 3.05) is 6.79 Å². The van der Waals surface area contributed by atoms with Gasteiger partial charge in [0.15, 0.2) is 17.3 Å². The van der Waals surface area contributed by atoms with Crippen LogP contribution in [0.3, 0.4) is 0 Å². The highest BCUT2D eigenvalue weighted by Gasteiger charge is 2.42. The van der Waals surface area contributed by atoms with E-state index in [0.29, 0.717) is 22.6 Å². The average Bonchev–Trinajstić information content (AvgIpc) is 3.16. The third kappa shape index (κ3) is 2.59. The van der Waals surface area contributed by atoms with Gasteiger partial charge in [0.2, 0.25) is 6.79 Å². The maximum atomic E-state index is 13.0. The summed E-state index contributed by atoms with van der Waals surface area (Å²) in [6, 6.07) is 17.4. The molecule has 1 aliphatic heterocycles. The van der Waals surface area contributed by atoms with E-state index in [1.165, 1.54) is 0 Å². The van der Waals surface area contributed by atoms with Crippen LogP contribution in [-0.4, -0.2) is 12.6 Å². The number of fused-ring (bicyclic) bond motifs is 1. The second kappa shape index (κ2) is 6.51. The highest BCUT2D eigenvalue weighted by Crippen LogP contribution is 2.46. The van der Waals surface area contributed by atoms with E-state index in [4.69, 9.17) is 9.47 Å². The Labute approximate surface area is 155 Å². The number of hydrogen-bond acceptors (Lipinski definition) is 6. The molecule has 0 spiro atoms. The lowest BCUT2D eigenvalue weighted by atomic mass is 9.68. The molecule has 1 aliphatic carbocycles. The van der Waals surface area contributed by atoms with Gasteiger partial charge in [0.05, 0.1) is 18.1 Å². The summed E-state index contributed by atoms with van der Waals surface area (Å²) in [6.45, 7) is 0.0800. The van der Waals surface area contributed by atoms with Crippen molar-refractivity contribution in [3.63, 3.8) is 0 Å². The molecule has 2 aromatic rings. The Morgan fingerprint density at radius 1 is 0.963 bits per heavy atom. The number of nitriles is 2. The van der Waals surface area contributed by atoms with Gasteiger partial charge in [-0.25, -0.2) is 0 Å². The molecule has 0 fully saturated rings. The maximum absolute atomic E-state index is 13.0. The van der Waals surface area contributed by atoms with Crippen LogP contribution in [0.5, 0.6) is 11.5 Å². The largest absolute Gasteiger partial charge is 0.874 e. The summed E-state index contributed by atoms with van der Waals surface area (Å²) < 4.78 is 10.6. The van der Waals surface area contributed by atoms with E-state index in [1.807, 2.05) is 12.1 Å². The topological polar surface area (TPSA) is 106 Å². The molecule has 4 rings (SSSR count). The predicted octanol–water partition coefficient (Wildman–Crippen LogP) is 2.13. The number of nitrogens with zero attached hydrogens (tertiary/aromatic N) is 2. The lowest BCUT2D eigenvalue weighted by Gasteiger charge is -2.37. The third-order valence-electron chi connectivity index (χ3n) is 4.90. The molecule has 6 heteroatoms. The van der Waals surface area contributed by atoms with E-state index >= 15 is 0 Å². The maximum Gasteiger partial charge on any atom is 0.231 e. The van der Waals surface area contributed by atoms with Crippen LogP contribution < -0.4 is 14.6 Å². The zero-order valence-corrected chi connectivity index (χ0v) is 14.1. The Morgan fingerprint density at radius 3 is 2.37 bits per heavy atom. The predicted molar refractivity (Wildman–Crippen MR) is 91.9 cm³/mol. The van der Waals surface area contributed by atoms with E-state index < -0.39 is 29.3 Å². The molecular weight excluding hydrogens is 344 g/mol. The van der Waals surface area contributed by atoms with E-state index in [9.17, 15) is 20.4 Å². The van der Waals surface area contributed by atoms with Crippen molar-refractivity contribution < 1.29 is 19.4 Å². The number of rotatable bonds is 2. The smallest absolute Gasteiger partial charge is 0.231 e. The minimum Gasteiger partial charge on any atom is -0.874 e. The average molecular weight is 357 g/mol. The molecule has 0 aromatic heterocycles. The van der Waals surface area contributed by atoms with Crippen LogP contribution in [0.25, 0.3) is 5.57 Å². The van der Waals surface area contributed by atoms with Crippen LogP contribution in [0.4, 0.5) is 0 Å². The lowest BCUT2D eigenvalue weighted by molar-refractivity contribution is -0.312. The van der Waals surface area contributed by atoms with Crippen molar-refractivity contribution in [3.8, 4) is 23.6 Å². The first-order valence-electron chi connectivity index (χ1n) is 8.35. The van der Waals surface area contributed by atoms with Crippen molar-refractivity contribution in [3.05, 3.63) is 65.4 Å². The minimum absolute atomic E-state index is 0.0781. The van der Waals surface area contributed by atoms with Crippen molar-refractivity contribution in [1.29, 1.82) is 10.5 Å². The van der Waals surface area contributed by atoms with Crippen molar-refractivity contribution in [2.45, 2.75) is 5.92 Å². The van der Waals surface area contributed by atoms with E-state index in [1.54, 1.807) is 48.5 Å². The van der Waals surface area contributed by atoms with Crippen LogP contribution in [0, 0.1) is 34.5 Å². The fraction of sp³-hybridized carbons (Fsp3) is 0.190. The van der Waals surface area contributed by atoms with Crippen LogP contribution in [0.1, 0.15) is 17.0 Å². The number of carbonyl (C=O) groups is 1. The molecule has 2 aromatic carbocycles. The fourth-order valence-electron chi connectivity index (χ4n) is 3.62. The normalized spacial score (nSPS) is 23.6. The van der Waals surface area contributed by atoms with Crippen LogP contribution >= 0.6 is 0 Å². The number of ether oxygens (including phenoxy) is 2. The first kappa shape index (κ1) is 16.7.